The Morgan fingerprint density at radius 2 is 1.77 bits per heavy atom. The van der Waals surface area contributed by atoms with Crippen LogP contribution in [0.3, 0.4) is 0 Å². The number of Topliss-reactive ketones (excluding diaryl/α,β-unsaturated/α-hetero) is 1. The second-order valence-electron chi connectivity index (χ2n) is 6.71. The third-order valence-corrected chi connectivity index (χ3v) is 4.92. The highest BCUT2D eigenvalue weighted by molar-refractivity contribution is 6.15. The minimum absolute atomic E-state index is 0.0510. The van der Waals surface area contributed by atoms with Crippen LogP contribution in [0.15, 0.2) is 88.7 Å². The van der Waals surface area contributed by atoms with Gasteiger partial charge in [-0.25, -0.2) is 0 Å². The van der Waals surface area contributed by atoms with Gasteiger partial charge in [-0.05, 0) is 23.8 Å². The van der Waals surface area contributed by atoms with E-state index in [1.165, 1.54) is 41.5 Å². The van der Waals surface area contributed by atoms with E-state index in [2.05, 4.69) is 0 Å². The molecule has 1 unspecified atom stereocenters. The fourth-order valence-electron chi connectivity index (χ4n) is 3.58. The van der Waals surface area contributed by atoms with Gasteiger partial charge in [0.2, 0.25) is 5.78 Å². The molecule has 1 atom stereocenters. The second-order valence-corrected chi connectivity index (χ2v) is 6.71. The first-order valence-corrected chi connectivity index (χ1v) is 9.08. The molecule has 1 aliphatic heterocycles. The van der Waals surface area contributed by atoms with Crippen LogP contribution in [0.25, 0.3) is 0 Å². The van der Waals surface area contributed by atoms with Crippen molar-refractivity contribution in [2.75, 3.05) is 0 Å². The van der Waals surface area contributed by atoms with Crippen molar-refractivity contribution in [2.24, 2.45) is 0 Å². The summed E-state index contributed by atoms with van der Waals surface area (Å²) in [5.74, 6) is -2.30. The molecule has 1 N–H and O–H groups in total. The summed E-state index contributed by atoms with van der Waals surface area (Å²) in [5, 5.41) is 22.2. The molecule has 150 valence electrons. The van der Waals surface area contributed by atoms with Gasteiger partial charge in [-0.1, -0.05) is 42.5 Å². The number of aliphatic hydroxyl groups excluding tert-OH is 1. The van der Waals surface area contributed by atoms with Crippen molar-refractivity contribution in [3.8, 4) is 0 Å². The van der Waals surface area contributed by atoms with Crippen LogP contribution < -0.4 is 0 Å². The monoisotopic (exact) mass is 404 g/mol. The fourth-order valence-corrected chi connectivity index (χ4v) is 3.58. The number of nitrogens with zero attached hydrogens (tertiary/aromatic N) is 2. The van der Waals surface area contributed by atoms with Gasteiger partial charge in [0.1, 0.15) is 0 Å². The van der Waals surface area contributed by atoms with Crippen molar-refractivity contribution >= 4 is 17.4 Å². The highest BCUT2D eigenvalue weighted by atomic mass is 16.6. The summed E-state index contributed by atoms with van der Waals surface area (Å²) < 4.78 is 5.15. The fraction of sp³-hybridized carbons (Fsp3) is 0.0909. The van der Waals surface area contributed by atoms with E-state index >= 15 is 0 Å². The topological polar surface area (TPSA) is 114 Å². The zero-order chi connectivity index (χ0) is 21.3. The summed E-state index contributed by atoms with van der Waals surface area (Å²) in [6.45, 7) is 0.0510. The van der Waals surface area contributed by atoms with E-state index in [9.17, 15) is 24.8 Å². The molecule has 8 nitrogen and oxygen atoms in total. The minimum atomic E-state index is -1.14. The maximum atomic E-state index is 13.1. The van der Waals surface area contributed by atoms with Crippen molar-refractivity contribution in [1.29, 1.82) is 0 Å². The van der Waals surface area contributed by atoms with Crippen molar-refractivity contribution in [1.82, 2.24) is 4.90 Å². The number of ketones is 1. The average molecular weight is 404 g/mol. The van der Waals surface area contributed by atoms with Gasteiger partial charge in [0.05, 0.1) is 28.4 Å². The Balaban J connectivity index is 1.87. The summed E-state index contributed by atoms with van der Waals surface area (Å²) in [4.78, 5) is 38.3. The third-order valence-electron chi connectivity index (χ3n) is 4.92. The number of para-hydroxylation sites is 1. The number of nitro groups is 1. The van der Waals surface area contributed by atoms with E-state index in [0.717, 1.165) is 5.56 Å². The Labute approximate surface area is 170 Å². The number of rotatable bonds is 6. The Hall–Kier alpha value is -4.20. The quantitative estimate of drug-likeness (QED) is 0.378. The molecule has 0 spiro atoms. The summed E-state index contributed by atoms with van der Waals surface area (Å²) >= 11 is 0. The molecule has 1 amide bonds. The number of hydrogen-bond acceptors (Lipinski definition) is 6. The van der Waals surface area contributed by atoms with Crippen molar-refractivity contribution in [3.05, 3.63) is 111 Å². The molecule has 8 heteroatoms. The number of carbonyl (C=O) groups excluding carboxylic acids is 2. The van der Waals surface area contributed by atoms with Crippen molar-refractivity contribution < 1.29 is 24.0 Å². The summed E-state index contributed by atoms with van der Waals surface area (Å²) in [7, 11) is 0. The van der Waals surface area contributed by atoms with Crippen LogP contribution in [-0.4, -0.2) is 26.6 Å². The van der Waals surface area contributed by atoms with Gasteiger partial charge in [0.25, 0.3) is 11.6 Å². The van der Waals surface area contributed by atoms with Gasteiger partial charge in [0.15, 0.2) is 11.5 Å². The lowest BCUT2D eigenvalue weighted by Crippen LogP contribution is -2.31. The summed E-state index contributed by atoms with van der Waals surface area (Å²) in [5.41, 5.74) is 0.368. The third kappa shape index (κ3) is 3.24. The van der Waals surface area contributed by atoms with E-state index in [1.807, 2.05) is 6.07 Å². The number of aliphatic hydroxyl groups is 1. The SMILES string of the molecule is O=C(C1=C(O)C(=O)N(Cc2ccccc2)C1c1ccccc1[N+](=O)[O-])c1ccco1. The molecule has 0 saturated carbocycles. The Bertz CT molecular complexity index is 1150. The number of hydrogen-bond donors (Lipinski definition) is 1. The Morgan fingerprint density at radius 1 is 1.07 bits per heavy atom. The first kappa shape index (κ1) is 19.1. The van der Waals surface area contributed by atoms with Crippen LogP contribution in [-0.2, 0) is 11.3 Å². The van der Waals surface area contributed by atoms with E-state index < -0.39 is 28.4 Å². The molecular weight excluding hydrogens is 388 g/mol. The van der Waals surface area contributed by atoms with E-state index in [0.29, 0.717) is 0 Å². The van der Waals surface area contributed by atoms with Crippen LogP contribution in [0.4, 0.5) is 5.69 Å². The number of benzene rings is 2. The standard InChI is InChI=1S/C22H16N2O6/c25-20(17-11-6-12-30-17)18-19(15-9-4-5-10-16(15)24(28)29)23(22(27)21(18)26)13-14-7-2-1-3-8-14/h1-12,19,26H,13H2. The van der Waals surface area contributed by atoms with E-state index in [1.54, 1.807) is 30.3 Å². The molecule has 1 aliphatic rings. The largest absolute Gasteiger partial charge is 0.503 e. The van der Waals surface area contributed by atoms with Gasteiger partial charge < -0.3 is 14.4 Å². The predicted octanol–water partition coefficient (Wildman–Crippen LogP) is 3.97. The molecule has 3 aromatic rings. The highest BCUT2D eigenvalue weighted by Gasteiger charge is 2.46. The maximum Gasteiger partial charge on any atom is 0.290 e. The summed E-state index contributed by atoms with van der Waals surface area (Å²) in [6, 6.07) is 16.6. The van der Waals surface area contributed by atoms with Gasteiger partial charge in [0, 0.05) is 12.6 Å². The van der Waals surface area contributed by atoms with Crippen LogP contribution >= 0.6 is 0 Å². The molecule has 30 heavy (non-hydrogen) atoms. The smallest absolute Gasteiger partial charge is 0.290 e. The second kappa shape index (κ2) is 7.67. The molecule has 0 bridgehead atoms. The lowest BCUT2D eigenvalue weighted by atomic mass is 9.93. The van der Waals surface area contributed by atoms with Crippen LogP contribution in [0.2, 0.25) is 0 Å². The minimum Gasteiger partial charge on any atom is -0.503 e. The van der Waals surface area contributed by atoms with Crippen LogP contribution in [0.1, 0.15) is 27.7 Å². The number of furan rings is 1. The van der Waals surface area contributed by atoms with E-state index in [-0.39, 0.29) is 29.1 Å². The number of amides is 1. The van der Waals surface area contributed by atoms with Crippen molar-refractivity contribution in [2.45, 2.75) is 12.6 Å². The molecule has 2 heterocycles. The first-order chi connectivity index (χ1) is 14.5. The lowest BCUT2D eigenvalue weighted by Gasteiger charge is -2.26. The molecule has 0 fully saturated rings. The summed E-state index contributed by atoms with van der Waals surface area (Å²) in [6.07, 6.45) is 1.29. The normalized spacial score (nSPS) is 16.2. The molecule has 0 saturated heterocycles. The van der Waals surface area contributed by atoms with E-state index in [4.69, 9.17) is 4.42 Å². The van der Waals surface area contributed by atoms with Gasteiger partial charge in [-0.2, -0.15) is 0 Å². The predicted molar refractivity (Wildman–Crippen MR) is 106 cm³/mol. The molecule has 0 aliphatic carbocycles. The maximum absolute atomic E-state index is 13.1. The Kier molecular flexibility index (Phi) is 4.89. The van der Waals surface area contributed by atoms with Crippen LogP contribution in [0.5, 0.6) is 0 Å². The van der Waals surface area contributed by atoms with Gasteiger partial charge in [-0.15, -0.1) is 0 Å². The molecule has 2 aromatic carbocycles. The first-order valence-electron chi connectivity index (χ1n) is 9.08. The Morgan fingerprint density at radius 3 is 2.43 bits per heavy atom. The molecule has 0 radical (unpaired) electrons. The molecule has 1 aromatic heterocycles. The zero-order valence-corrected chi connectivity index (χ0v) is 15.6. The van der Waals surface area contributed by atoms with Crippen molar-refractivity contribution in [3.63, 3.8) is 0 Å². The van der Waals surface area contributed by atoms with Gasteiger partial charge in [-0.3, -0.25) is 19.7 Å². The average Bonchev–Trinajstić information content (AvgIpc) is 3.37. The van der Waals surface area contributed by atoms with Gasteiger partial charge >= 0.3 is 0 Å². The molecular formula is C22H16N2O6. The lowest BCUT2D eigenvalue weighted by molar-refractivity contribution is -0.385. The highest BCUT2D eigenvalue weighted by Crippen LogP contribution is 2.42. The number of nitro benzene ring substituents is 1. The molecule has 4 rings (SSSR count). The zero-order valence-electron chi connectivity index (χ0n) is 15.6. The van der Waals surface area contributed by atoms with Crippen LogP contribution in [0, 0.1) is 10.1 Å². The number of carbonyl (C=O) groups is 2.